The topological polar surface area (TPSA) is 93.6 Å². The maximum Gasteiger partial charge on any atom is 0.276 e. The van der Waals surface area contributed by atoms with Gasteiger partial charge in [0.15, 0.2) is 0 Å². The van der Waals surface area contributed by atoms with Crippen molar-refractivity contribution in [2.75, 3.05) is 5.73 Å². The summed E-state index contributed by atoms with van der Waals surface area (Å²) in [4.78, 5) is 4.24. The second kappa shape index (κ2) is 4.15. The number of aromatic amines is 1. The molecule has 0 fully saturated rings. The third-order valence-electron chi connectivity index (χ3n) is 2.34. The molecule has 0 amide bonds. The Morgan fingerprint density at radius 2 is 2.17 bits per heavy atom. The molecule has 0 aliphatic rings. The van der Waals surface area contributed by atoms with Gasteiger partial charge in [-0.1, -0.05) is 28.9 Å². The average Bonchev–Trinajstić information content (AvgIpc) is 2.97. The van der Waals surface area contributed by atoms with Gasteiger partial charge in [0.25, 0.3) is 5.89 Å². The van der Waals surface area contributed by atoms with Crippen LogP contribution in [0.25, 0.3) is 23.0 Å². The fraction of sp³-hybridized carbons (Fsp3) is 0. The van der Waals surface area contributed by atoms with E-state index >= 15 is 0 Å². The number of nitrogens with zero attached hydrogens (tertiary/aromatic N) is 3. The van der Waals surface area contributed by atoms with E-state index in [0.29, 0.717) is 28.2 Å². The highest BCUT2D eigenvalue weighted by molar-refractivity contribution is 6.30. The lowest BCUT2D eigenvalue weighted by Gasteiger charge is -1.93. The van der Waals surface area contributed by atoms with Crippen LogP contribution in [-0.4, -0.2) is 20.3 Å². The third kappa shape index (κ3) is 1.93. The number of benzene rings is 1. The maximum atomic E-state index is 5.90. The zero-order valence-electron chi connectivity index (χ0n) is 9.09. The molecule has 0 spiro atoms. The Morgan fingerprint density at radius 1 is 1.28 bits per heavy atom. The summed E-state index contributed by atoms with van der Waals surface area (Å²) in [6.45, 7) is 0. The highest BCUT2D eigenvalue weighted by Crippen LogP contribution is 2.23. The van der Waals surface area contributed by atoms with Gasteiger partial charge in [0.1, 0.15) is 11.5 Å². The fourth-order valence-electron chi connectivity index (χ4n) is 1.52. The molecule has 0 bridgehead atoms. The summed E-state index contributed by atoms with van der Waals surface area (Å²) in [7, 11) is 0. The molecule has 3 aromatic rings. The second-order valence-corrected chi connectivity index (χ2v) is 4.08. The molecule has 90 valence electrons. The minimum Gasteiger partial charge on any atom is -0.382 e. The molecule has 0 atom stereocenters. The van der Waals surface area contributed by atoms with Gasteiger partial charge in [-0.15, -0.1) is 0 Å². The summed E-state index contributed by atoms with van der Waals surface area (Å²) in [6, 6.07) is 8.83. The van der Waals surface area contributed by atoms with Crippen LogP contribution in [-0.2, 0) is 0 Å². The van der Waals surface area contributed by atoms with E-state index in [1.54, 1.807) is 18.2 Å². The molecule has 0 radical (unpaired) electrons. The second-order valence-electron chi connectivity index (χ2n) is 3.64. The molecule has 0 aliphatic heterocycles. The van der Waals surface area contributed by atoms with Gasteiger partial charge in [-0.2, -0.15) is 10.1 Å². The molecule has 0 saturated carbocycles. The molecule has 1 aromatic carbocycles. The van der Waals surface area contributed by atoms with Crippen LogP contribution in [0.5, 0.6) is 0 Å². The fourth-order valence-corrected chi connectivity index (χ4v) is 1.71. The van der Waals surface area contributed by atoms with Gasteiger partial charge in [0, 0.05) is 16.7 Å². The predicted molar refractivity (Wildman–Crippen MR) is 66.7 cm³/mol. The lowest BCUT2D eigenvalue weighted by atomic mass is 10.2. The van der Waals surface area contributed by atoms with E-state index in [9.17, 15) is 0 Å². The van der Waals surface area contributed by atoms with E-state index in [0.717, 1.165) is 5.56 Å². The van der Waals surface area contributed by atoms with Gasteiger partial charge >= 0.3 is 0 Å². The van der Waals surface area contributed by atoms with Crippen molar-refractivity contribution in [1.82, 2.24) is 20.3 Å². The zero-order chi connectivity index (χ0) is 12.5. The molecular formula is C11H8ClN5O. The molecular weight excluding hydrogens is 254 g/mol. The normalized spacial score (nSPS) is 10.7. The van der Waals surface area contributed by atoms with E-state index < -0.39 is 0 Å². The van der Waals surface area contributed by atoms with Crippen LogP contribution in [0.2, 0.25) is 5.02 Å². The van der Waals surface area contributed by atoms with Crippen LogP contribution in [0, 0.1) is 0 Å². The van der Waals surface area contributed by atoms with Crippen LogP contribution >= 0.6 is 11.6 Å². The molecule has 0 aliphatic carbocycles. The number of anilines is 1. The molecule has 2 aromatic heterocycles. The monoisotopic (exact) mass is 261 g/mol. The largest absolute Gasteiger partial charge is 0.382 e. The van der Waals surface area contributed by atoms with E-state index in [2.05, 4.69) is 20.3 Å². The molecule has 0 unspecified atom stereocenters. The quantitative estimate of drug-likeness (QED) is 0.738. The van der Waals surface area contributed by atoms with Crippen molar-refractivity contribution in [3.63, 3.8) is 0 Å². The van der Waals surface area contributed by atoms with Crippen LogP contribution in [0.1, 0.15) is 0 Å². The minimum absolute atomic E-state index is 0.328. The number of nitrogens with two attached hydrogens (primary N) is 1. The Kier molecular flexibility index (Phi) is 2.49. The predicted octanol–water partition coefficient (Wildman–Crippen LogP) is 2.36. The first-order valence-corrected chi connectivity index (χ1v) is 5.51. The summed E-state index contributed by atoms with van der Waals surface area (Å²) < 4.78 is 5.13. The smallest absolute Gasteiger partial charge is 0.276 e. The number of H-pyrrole nitrogens is 1. The first-order chi connectivity index (χ1) is 8.72. The Bertz CT molecular complexity index is 690. The molecule has 2 heterocycles. The highest BCUT2D eigenvalue weighted by Gasteiger charge is 2.12. The summed E-state index contributed by atoms with van der Waals surface area (Å²) in [5, 5.41) is 11.0. The Labute approximate surface area is 107 Å². The Balaban J connectivity index is 1.99. The molecule has 3 rings (SSSR count). The van der Waals surface area contributed by atoms with Crippen molar-refractivity contribution in [1.29, 1.82) is 0 Å². The summed E-state index contributed by atoms with van der Waals surface area (Å²) >= 11 is 5.90. The highest BCUT2D eigenvalue weighted by atomic mass is 35.5. The molecule has 3 N–H and O–H groups in total. The molecule has 7 heteroatoms. The lowest BCUT2D eigenvalue weighted by Crippen LogP contribution is -1.81. The van der Waals surface area contributed by atoms with Crippen LogP contribution in [0.3, 0.4) is 0 Å². The number of nitrogen functional groups attached to an aromatic ring is 1. The van der Waals surface area contributed by atoms with Gasteiger partial charge in [-0.25, -0.2) is 0 Å². The first-order valence-electron chi connectivity index (χ1n) is 5.13. The third-order valence-corrected chi connectivity index (χ3v) is 2.57. The van der Waals surface area contributed by atoms with Crippen molar-refractivity contribution < 1.29 is 4.52 Å². The number of halogens is 1. The Hall–Kier alpha value is -2.34. The first kappa shape index (κ1) is 10.8. The zero-order valence-corrected chi connectivity index (χ0v) is 9.85. The summed E-state index contributed by atoms with van der Waals surface area (Å²) in [5.74, 6) is 1.15. The number of aromatic nitrogens is 4. The summed E-state index contributed by atoms with van der Waals surface area (Å²) in [5.41, 5.74) is 6.86. The molecule has 6 nitrogen and oxygen atoms in total. The van der Waals surface area contributed by atoms with Crippen molar-refractivity contribution in [2.24, 2.45) is 0 Å². The molecule has 18 heavy (non-hydrogen) atoms. The standard InChI is InChI=1S/C11H8ClN5O/c12-7-3-1-2-6(4-7)10-14-11(18-17-10)8-5-9(13)16-15-8/h1-5H,(H3,13,15,16). The van der Waals surface area contributed by atoms with Crippen molar-refractivity contribution >= 4 is 17.4 Å². The Morgan fingerprint density at radius 3 is 2.89 bits per heavy atom. The van der Waals surface area contributed by atoms with Gasteiger partial charge in [0.2, 0.25) is 5.82 Å². The van der Waals surface area contributed by atoms with Gasteiger partial charge in [-0.3, -0.25) is 5.10 Å². The maximum absolute atomic E-state index is 5.90. The van der Waals surface area contributed by atoms with E-state index in [1.807, 2.05) is 12.1 Å². The number of nitrogens with one attached hydrogen (secondary N) is 1. The van der Waals surface area contributed by atoms with Crippen LogP contribution in [0.15, 0.2) is 34.9 Å². The number of hydrogen-bond acceptors (Lipinski definition) is 5. The van der Waals surface area contributed by atoms with Crippen molar-refractivity contribution in [3.8, 4) is 23.0 Å². The van der Waals surface area contributed by atoms with Gasteiger partial charge < -0.3 is 10.3 Å². The van der Waals surface area contributed by atoms with E-state index in [1.165, 1.54) is 0 Å². The van der Waals surface area contributed by atoms with E-state index in [-0.39, 0.29) is 0 Å². The van der Waals surface area contributed by atoms with Gasteiger partial charge in [-0.05, 0) is 12.1 Å². The van der Waals surface area contributed by atoms with Crippen molar-refractivity contribution in [2.45, 2.75) is 0 Å². The lowest BCUT2D eigenvalue weighted by molar-refractivity contribution is 0.431. The van der Waals surface area contributed by atoms with Crippen molar-refractivity contribution in [3.05, 3.63) is 35.4 Å². The van der Waals surface area contributed by atoms with Gasteiger partial charge in [0.05, 0.1) is 0 Å². The van der Waals surface area contributed by atoms with Crippen LogP contribution < -0.4 is 5.73 Å². The van der Waals surface area contributed by atoms with Crippen LogP contribution in [0.4, 0.5) is 5.82 Å². The minimum atomic E-state index is 0.328. The molecule has 0 saturated heterocycles. The average molecular weight is 262 g/mol. The number of hydrogen-bond donors (Lipinski definition) is 2. The SMILES string of the molecule is Nc1cc(-c2nc(-c3cccc(Cl)c3)no2)[nH]n1. The van der Waals surface area contributed by atoms with E-state index in [4.69, 9.17) is 21.9 Å². The summed E-state index contributed by atoms with van der Waals surface area (Å²) in [6.07, 6.45) is 0. The number of rotatable bonds is 2.